The summed E-state index contributed by atoms with van der Waals surface area (Å²) in [4.78, 5) is 11.4. The first kappa shape index (κ1) is 11.6. The summed E-state index contributed by atoms with van der Waals surface area (Å²) in [6.07, 6.45) is 0.787. The molecule has 0 aliphatic carbocycles. The van der Waals surface area contributed by atoms with Gasteiger partial charge in [-0.3, -0.25) is 4.79 Å². The third kappa shape index (κ3) is 3.33. The molecule has 1 rings (SSSR count). The summed E-state index contributed by atoms with van der Waals surface area (Å²) in [7, 11) is 1.66. The largest absolute Gasteiger partial charge is 0.384 e. The number of rotatable bonds is 5. The Hall–Kier alpha value is -0.510. The molecular weight excluding hydrogens is 220 g/mol. The zero-order valence-corrected chi connectivity index (χ0v) is 9.40. The molecule has 76 valence electrons. The van der Waals surface area contributed by atoms with E-state index in [1.165, 1.54) is 0 Å². The summed E-state index contributed by atoms with van der Waals surface area (Å²) in [5.74, 6) is 0.858. The second kappa shape index (κ2) is 6.06. The van der Waals surface area contributed by atoms with E-state index < -0.39 is 0 Å². The molecule has 0 bridgehead atoms. The van der Waals surface area contributed by atoms with E-state index in [4.69, 9.17) is 16.3 Å². The van der Waals surface area contributed by atoms with Crippen molar-refractivity contribution in [3.8, 4) is 0 Å². The van der Waals surface area contributed by atoms with Crippen LogP contribution in [0.2, 0.25) is 5.02 Å². The topological polar surface area (TPSA) is 26.3 Å². The zero-order chi connectivity index (χ0) is 10.4. The van der Waals surface area contributed by atoms with Gasteiger partial charge in [-0.2, -0.15) is 0 Å². The van der Waals surface area contributed by atoms with Gasteiger partial charge in [0.15, 0.2) is 0 Å². The molecule has 0 atom stereocenters. The molecule has 1 aromatic rings. The van der Waals surface area contributed by atoms with Gasteiger partial charge >= 0.3 is 0 Å². The van der Waals surface area contributed by atoms with E-state index >= 15 is 0 Å². The SMILES string of the molecule is COCCSc1ccc(C=O)cc1Cl. The summed E-state index contributed by atoms with van der Waals surface area (Å²) >= 11 is 7.58. The predicted octanol–water partition coefficient (Wildman–Crippen LogP) is 2.89. The second-order valence-corrected chi connectivity index (χ2v) is 4.19. The van der Waals surface area contributed by atoms with E-state index in [0.717, 1.165) is 16.9 Å². The number of carbonyl (C=O) groups excluding carboxylic acids is 1. The van der Waals surface area contributed by atoms with Crippen molar-refractivity contribution < 1.29 is 9.53 Å². The van der Waals surface area contributed by atoms with Gasteiger partial charge in [-0.1, -0.05) is 17.7 Å². The number of ether oxygens (including phenoxy) is 1. The Morgan fingerprint density at radius 2 is 2.36 bits per heavy atom. The number of carbonyl (C=O) groups is 1. The number of benzene rings is 1. The molecule has 14 heavy (non-hydrogen) atoms. The molecule has 0 fully saturated rings. The van der Waals surface area contributed by atoms with Gasteiger partial charge in [-0.05, 0) is 12.1 Å². The van der Waals surface area contributed by atoms with Crippen LogP contribution in [0.5, 0.6) is 0 Å². The van der Waals surface area contributed by atoms with Gasteiger partial charge < -0.3 is 4.74 Å². The Labute approximate surface area is 92.6 Å². The quantitative estimate of drug-likeness (QED) is 0.442. The predicted molar refractivity (Wildman–Crippen MR) is 59.4 cm³/mol. The number of hydrogen-bond acceptors (Lipinski definition) is 3. The standard InChI is InChI=1S/C10H11ClO2S/c1-13-4-5-14-10-3-2-8(7-12)6-9(10)11/h2-3,6-7H,4-5H2,1H3. The minimum Gasteiger partial charge on any atom is -0.384 e. The highest BCUT2D eigenvalue weighted by Gasteiger charge is 2.01. The number of thioether (sulfide) groups is 1. The van der Waals surface area contributed by atoms with Crippen LogP contribution in [0.1, 0.15) is 10.4 Å². The maximum Gasteiger partial charge on any atom is 0.150 e. The molecule has 0 saturated heterocycles. The molecule has 0 aliphatic heterocycles. The molecular formula is C10H11ClO2S. The van der Waals surface area contributed by atoms with Gasteiger partial charge in [0.2, 0.25) is 0 Å². The normalized spacial score (nSPS) is 10.1. The van der Waals surface area contributed by atoms with Crippen LogP contribution in [0.3, 0.4) is 0 Å². The van der Waals surface area contributed by atoms with E-state index in [0.29, 0.717) is 17.2 Å². The van der Waals surface area contributed by atoms with Crippen LogP contribution in [0.25, 0.3) is 0 Å². The lowest BCUT2D eigenvalue weighted by atomic mass is 10.2. The lowest BCUT2D eigenvalue weighted by Crippen LogP contribution is -1.91. The molecule has 0 N–H and O–H groups in total. The first-order valence-electron chi connectivity index (χ1n) is 4.14. The van der Waals surface area contributed by atoms with Gasteiger partial charge in [0, 0.05) is 23.3 Å². The smallest absolute Gasteiger partial charge is 0.150 e. The summed E-state index contributed by atoms with van der Waals surface area (Å²) in [5, 5.41) is 0.621. The molecule has 1 aromatic carbocycles. The Morgan fingerprint density at radius 3 is 2.93 bits per heavy atom. The van der Waals surface area contributed by atoms with Crippen molar-refractivity contribution in [3.63, 3.8) is 0 Å². The number of halogens is 1. The molecule has 0 heterocycles. The van der Waals surface area contributed by atoms with E-state index in [9.17, 15) is 4.79 Å². The molecule has 0 spiro atoms. The van der Waals surface area contributed by atoms with Gasteiger partial charge in [0.1, 0.15) is 6.29 Å². The van der Waals surface area contributed by atoms with Gasteiger partial charge in [-0.25, -0.2) is 0 Å². The summed E-state index contributed by atoms with van der Waals surface area (Å²) < 4.78 is 4.93. The van der Waals surface area contributed by atoms with E-state index in [-0.39, 0.29) is 0 Å². The van der Waals surface area contributed by atoms with Crippen molar-refractivity contribution in [2.75, 3.05) is 19.5 Å². The van der Waals surface area contributed by atoms with Gasteiger partial charge in [0.05, 0.1) is 11.6 Å². The minimum atomic E-state index is 0.603. The molecule has 0 radical (unpaired) electrons. The van der Waals surface area contributed by atoms with E-state index in [2.05, 4.69) is 0 Å². The highest BCUT2D eigenvalue weighted by atomic mass is 35.5. The monoisotopic (exact) mass is 230 g/mol. The lowest BCUT2D eigenvalue weighted by Gasteiger charge is -2.03. The third-order valence-electron chi connectivity index (χ3n) is 1.64. The van der Waals surface area contributed by atoms with Crippen molar-refractivity contribution in [2.24, 2.45) is 0 Å². The maximum atomic E-state index is 10.4. The fourth-order valence-corrected chi connectivity index (χ4v) is 2.13. The van der Waals surface area contributed by atoms with Crippen LogP contribution in [0.4, 0.5) is 0 Å². The summed E-state index contributed by atoms with van der Waals surface area (Å²) in [6, 6.07) is 5.28. The molecule has 0 aromatic heterocycles. The first-order chi connectivity index (χ1) is 6.77. The average molecular weight is 231 g/mol. The van der Waals surface area contributed by atoms with Crippen molar-refractivity contribution in [1.82, 2.24) is 0 Å². The van der Waals surface area contributed by atoms with E-state index in [1.54, 1.807) is 31.0 Å². The van der Waals surface area contributed by atoms with Crippen molar-refractivity contribution in [1.29, 1.82) is 0 Å². The zero-order valence-electron chi connectivity index (χ0n) is 7.83. The third-order valence-corrected chi connectivity index (χ3v) is 3.10. The number of hydrogen-bond donors (Lipinski definition) is 0. The molecule has 0 saturated carbocycles. The first-order valence-corrected chi connectivity index (χ1v) is 5.50. The van der Waals surface area contributed by atoms with Crippen LogP contribution < -0.4 is 0 Å². The summed E-state index contributed by atoms with van der Waals surface area (Å²) in [5.41, 5.74) is 0.603. The van der Waals surface area contributed by atoms with Crippen molar-refractivity contribution >= 4 is 29.6 Å². The molecule has 4 heteroatoms. The van der Waals surface area contributed by atoms with Crippen molar-refractivity contribution in [2.45, 2.75) is 4.90 Å². The molecule has 0 aliphatic rings. The Morgan fingerprint density at radius 1 is 1.57 bits per heavy atom. The van der Waals surface area contributed by atoms with Crippen LogP contribution in [-0.2, 0) is 4.74 Å². The van der Waals surface area contributed by atoms with Gasteiger partial charge in [0.25, 0.3) is 0 Å². The minimum absolute atomic E-state index is 0.603. The Bertz CT molecular complexity index is 315. The number of methoxy groups -OCH3 is 1. The number of aldehydes is 1. The maximum absolute atomic E-state index is 10.4. The Balaban J connectivity index is 2.64. The van der Waals surface area contributed by atoms with Crippen LogP contribution in [0, 0.1) is 0 Å². The highest BCUT2D eigenvalue weighted by molar-refractivity contribution is 7.99. The fraction of sp³-hybridized carbons (Fsp3) is 0.300. The molecule has 0 amide bonds. The molecule has 2 nitrogen and oxygen atoms in total. The summed E-state index contributed by atoms with van der Waals surface area (Å²) in [6.45, 7) is 0.691. The second-order valence-electron chi connectivity index (χ2n) is 2.65. The molecule has 0 unspecified atom stereocenters. The fourth-order valence-electron chi connectivity index (χ4n) is 0.942. The lowest BCUT2D eigenvalue weighted by molar-refractivity contribution is 0.112. The van der Waals surface area contributed by atoms with Crippen molar-refractivity contribution in [3.05, 3.63) is 28.8 Å². The van der Waals surface area contributed by atoms with Crippen LogP contribution in [0.15, 0.2) is 23.1 Å². The van der Waals surface area contributed by atoms with Crippen LogP contribution >= 0.6 is 23.4 Å². The van der Waals surface area contributed by atoms with Gasteiger partial charge in [-0.15, -0.1) is 11.8 Å². The Kier molecular flexibility index (Phi) is 5.01. The highest BCUT2D eigenvalue weighted by Crippen LogP contribution is 2.27. The van der Waals surface area contributed by atoms with E-state index in [1.807, 2.05) is 6.07 Å². The van der Waals surface area contributed by atoms with Crippen LogP contribution in [-0.4, -0.2) is 25.8 Å². The average Bonchev–Trinajstić information content (AvgIpc) is 2.20.